The Morgan fingerprint density at radius 2 is 2.45 bits per heavy atom. The van der Waals surface area contributed by atoms with Crippen molar-refractivity contribution >= 4 is 17.2 Å². The number of hydrogen-bond acceptors (Lipinski definition) is 4. The van der Waals surface area contributed by atoms with E-state index in [0.29, 0.717) is 6.54 Å². The van der Waals surface area contributed by atoms with E-state index < -0.39 is 0 Å². The first-order valence-corrected chi connectivity index (χ1v) is 7.72. The van der Waals surface area contributed by atoms with Gasteiger partial charge in [-0.2, -0.15) is 0 Å². The summed E-state index contributed by atoms with van der Waals surface area (Å²) >= 11 is 1.79. The van der Waals surface area contributed by atoms with Crippen molar-refractivity contribution in [1.29, 1.82) is 0 Å². The third-order valence-electron chi connectivity index (χ3n) is 3.69. The monoisotopic (exact) mass is 290 g/mol. The highest BCUT2D eigenvalue weighted by atomic mass is 32.1. The van der Waals surface area contributed by atoms with E-state index >= 15 is 0 Å². The molecule has 0 unspecified atom stereocenters. The van der Waals surface area contributed by atoms with E-state index in [2.05, 4.69) is 16.8 Å². The summed E-state index contributed by atoms with van der Waals surface area (Å²) < 4.78 is 5.32. The van der Waals surface area contributed by atoms with E-state index in [9.17, 15) is 4.79 Å². The Labute approximate surface area is 122 Å². The first-order valence-electron chi connectivity index (χ1n) is 6.84. The second kappa shape index (κ2) is 5.81. The molecule has 0 fully saturated rings. The topological polar surface area (TPSA) is 45.5 Å². The fourth-order valence-electron chi connectivity index (χ4n) is 2.45. The van der Waals surface area contributed by atoms with Crippen LogP contribution >= 0.6 is 11.3 Å². The lowest BCUT2D eigenvalue weighted by atomic mass is 10.1. The molecular formula is C15H18N2O2S. The largest absolute Gasteiger partial charge is 0.468 e. The van der Waals surface area contributed by atoms with Gasteiger partial charge in [-0.15, -0.1) is 11.3 Å². The summed E-state index contributed by atoms with van der Waals surface area (Å²) in [5.74, 6) is 1.01. The van der Waals surface area contributed by atoms with Crippen molar-refractivity contribution in [3.8, 4) is 0 Å². The van der Waals surface area contributed by atoms with E-state index in [-0.39, 0.29) is 11.9 Å². The average molecular weight is 290 g/mol. The summed E-state index contributed by atoms with van der Waals surface area (Å²) in [4.78, 5) is 15.6. The zero-order valence-corrected chi connectivity index (χ0v) is 12.3. The molecule has 0 saturated heterocycles. The van der Waals surface area contributed by atoms with Gasteiger partial charge < -0.3 is 9.32 Å². The normalized spacial score (nSPS) is 15.9. The average Bonchev–Trinajstić information content (AvgIpc) is 3.13. The Kier molecular flexibility index (Phi) is 3.89. The Bertz CT molecular complexity index is 576. The Hall–Kier alpha value is -1.59. The Morgan fingerprint density at radius 1 is 1.55 bits per heavy atom. The predicted molar refractivity (Wildman–Crippen MR) is 78.6 cm³/mol. The van der Waals surface area contributed by atoms with Crippen LogP contribution in [0.4, 0.5) is 0 Å². The van der Waals surface area contributed by atoms with Gasteiger partial charge >= 0.3 is 0 Å². The predicted octanol–water partition coefficient (Wildman–Crippen LogP) is 2.58. The first kappa shape index (κ1) is 13.4. The lowest BCUT2D eigenvalue weighted by molar-refractivity contribution is -0.131. The molecule has 4 nitrogen and oxygen atoms in total. The fourth-order valence-corrected chi connectivity index (χ4v) is 3.34. The van der Waals surface area contributed by atoms with Crippen molar-refractivity contribution in [3.05, 3.63) is 46.0 Å². The third-order valence-corrected chi connectivity index (χ3v) is 4.71. The molecule has 3 rings (SSSR count). The molecule has 1 atom stereocenters. The summed E-state index contributed by atoms with van der Waals surface area (Å²) in [6, 6.07) is 5.95. The molecule has 3 heterocycles. The van der Waals surface area contributed by atoms with Crippen molar-refractivity contribution in [2.75, 3.05) is 13.1 Å². The molecule has 2 aromatic rings. The van der Waals surface area contributed by atoms with Crippen molar-refractivity contribution < 1.29 is 9.21 Å². The number of hydrogen-bond donors (Lipinski definition) is 1. The zero-order valence-electron chi connectivity index (χ0n) is 11.5. The minimum absolute atomic E-state index is 0.0513. The molecule has 1 aliphatic heterocycles. The van der Waals surface area contributed by atoms with Gasteiger partial charge in [-0.3, -0.25) is 10.1 Å². The van der Waals surface area contributed by atoms with Gasteiger partial charge in [-0.05, 0) is 42.5 Å². The van der Waals surface area contributed by atoms with Gasteiger partial charge in [0.1, 0.15) is 5.76 Å². The molecule has 0 aromatic carbocycles. The summed E-state index contributed by atoms with van der Waals surface area (Å²) in [7, 11) is 0. The van der Waals surface area contributed by atoms with Crippen molar-refractivity contribution in [2.24, 2.45) is 0 Å². The van der Waals surface area contributed by atoms with Gasteiger partial charge in [0.25, 0.3) is 0 Å². The molecule has 1 amide bonds. The molecule has 106 valence electrons. The Balaban J connectivity index is 1.53. The van der Waals surface area contributed by atoms with Crippen molar-refractivity contribution in [3.63, 3.8) is 0 Å². The van der Waals surface area contributed by atoms with Crippen LogP contribution in [0, 0.1) is 0 Å². The maximum atomic E-state index is 12.2. The first-order chi connectivity index (χ1) is 9.74. The minimum atomic E-state index is 0.0513. The molecule has 0 bridgehead atoms. The lowest BCUT2D eigenvalue weighted by Gasteiger charge is -2.27. The number of nitrogens with one attached hydrogen (secondary N) is 1. The van der Waals surface area contributed by atoms with Crippen LogP contribution in [0.2, 0.25) is 0 Å². The van der Waals surface area contributed by atoms with Gasteiger partial charge in [-0.25, -0.2) is 0 Å². The summed E-state index contributed by atoms with van der Waals surface area (Å²) in [5, 5.41) is 5.32. The maximum absolute atomic E-state index is 12.2. The van der Waals surface area contributed by atoms with E-state index in [0.717, 1.165) is 25.3 Å². The van der Waals surface area contributed by atoms with Gasteiger partial charge in [-0.1, -0.05) is 0 Å². The highest BCUT2D eigenvalue weighted by Gasteiger charge is 2.21. The van der Waals surface area contributed by atoms with Crippen molar-refractivity contribution in [1.82, 2.24) is 10.2 Å². The number of furan rings is 1. The molecule has 1 aliphatic rings. The number of rotatable bonds is 4. The maximum Gasteiger partial charge on any atom is 0.236 e. The summed E-state index contributed by atoms with van der Waals surface area (Å²) in [6.07, 6.45) is 2.63. The van der Waals surface area contributed by atoms with Gasteiger partial charge in [0.2, 0.25) is 5.91 Å². The van der Waals surface area contributed by atoms with Gasteiger partial charge in [0.15, 0.2) is 0 Å². The molecule has 1 N–H and O–H groups in total. The van der Waals surface area contributed by atoms with E-state index in [1.54, 1.807) is 17.6 Å². The number of amides is 1. The van der Waals surface area contributed by atoms with Crippen molar-refractivity contribution in [2.45, 2.75) is 25.9 Å². The molecule has 20 heavy (non-hydrogen) atoms. The lowest BCUT2D eigenvalue weighted by Crippen LogP contribution is -2.41. The number of carbonyl (C=O) groups excluding carboxylic acids is 1. The molecule has 0 radical (unpaired) electrons. The minimum Gasteiger partial charge on any atom is -0.468 e. The molecule has 2 aromatic heterocycles. The van der Waals surface area contributed by atoms with Crippen LogP contribution in [-0.4, -0.2) is 23.9 Å². The molecule has 0 saturated carbocycles. The quantitative estimate of drug-likeness (QED) is 0.941. The van der Waals surface area contributed by atoms with Crippen LogP contribution in [-0.2, 0) is 17.8 Å². The SMILES string of the molecule is C[C@H](NCC(=O)N1CCc2sccc2C1)c1ccco1. The summed E-state index contributed by atoms with van der Waals surface area (Å²) in [5.41, 5.74) is 1.30. The van der Waals surface area contributed by atoms with E-state index in [1.165, 1.54) is 10.4 Å². The van der Waals surface area contributed by atoms with Gasteiger partial charge in [0, 0.05) is 18.0 Å². The second-order valence-corrected chi connectivity index (χ2v) is 6.05. The zero-order chi connectivity index (χ0) is 13.9. The second-order valence-electron chi connectivity index (χ2n) is 5.05. The number of nitrogens with zero attached hydrogens (tertiary/aromatic N) is 1. The molecule has 0 aliphatic carbocycles. The van der Waals surface area contributed by atoms with Crippen LogP contribution in [0.3, 0.4) is 0 Å². The highest BCUT2D eigenvalue weighted by Crippen LogP contribution is 2.24. The van der Waals surface area contributed by atoms with E-state index in [1.807, 2.05) is 24.0 Å². The van der Waals surface area contributed by atoms with Gasteiger partial charge in [0.05, 0.1) is 18.8 Å². The Morgan fingerprint density at radius 3 is 3.25 bits per heavy atom. The molecular weight excluding hydrogens is 272 g/mol. The van der Waals surface area contributed by atoms with E-state index in [4.69, 9.17) is 4.42 Å². The third kappa shape index (κ3) is 2.78. The van der Waals surface area contributed by atoms with Crippen LogP contribution in [0.25, 0.3) is 0 Å². The molecule has 5 heteroatoms. The van der Waals surface area contributed by atoms with Crippen LogP contribution in [0.1, 0.15) is 29.2 Å². The number of thiophene rings is 1. The van der Waals surface area contributed by atoms with Crippen LogP contribution in [0.15, 0.2) is 34.3 Å². The fraction of sp³-hybridized carbons (Fsp3) is 0.400. The number of carbonyl (C=O) groups is 1. The summed E-state index contributed by atoms with van der Waals surface area (Å²) in [6.45, 7) is 3.91. The highest BCUT2D eigenvalue weighted by molar-refractivity contribution is 7.10. The standard InChI is InChI=1S/C15H18N2O2S/c1-11(13-3-2-7-19-13)16-9-15(18)17-6-4-14-12(10-17)5-8-20-14/h2-3,5,7-8,11,16H,4,6,9-10H2,1H3/t11-/m0/s1. The number of fused-ring (bicyclic) bond motifs is 1. The van der Waals surface area contributed by atoms with Crippen LogP contribution < -0.4 is 5.32 Å². The smallest absolute Gasteiger partial charge is 0.236 e. The van der Waals surface area contributed by atoms with Crippen LogP contribution in [0.5, 0.6) is 0 Å². The molecule has 0 spiro atoms.